The molecule has 0 spiro atoms. The predicted molar refractivity (Wildman–Crippen MR) is 56.5 cm³/mol. The van der Waals surface area contributed by atoms with Gasteiger partial charge in [-0.05, 0) is 21.8 Å². The van der Waals surface area contributed by atoms with Gasteiger partial charge in [-0.3, -0.25) is 0 Å². The Bertz CT molecular complexity index is 306. The first-order valence-electron chi connectivity index (χ1n) is 4.41. The highest BCUT2D eigenvalue weighted by Gasteiger charge is 2.37. The molecular weight excluding hydrogens is 248 g/mol. The first-order valence-corrected chi connectivity index (χ1v) is 5.21. The Hall–Kier alpha value is -0.460. The summed E-state index contributed by atoms with van der Waals surface area (Å²) in [5.41, 5.74) is 5.13. The number of aliphatic hydroxyl groups is 1. The summed E-state index contributed by atoms with van der Waals surface area (Å²) in [5.74, 6) is 0.000926. The Morgan fingerprint density at radius 1 is 1.64 bits per heavy atom. The average Bonchev–Trinajstić information content (AvgIpc) is 2.45. The summed E-state index contributed by atoms with van der Waals surface area (Å²) < 4.78 is 2.08. The average molecular weight is 263 g/mol. The maximum atomic E-state index is 10.4. The van der Waals surface area contributed by atoms with E-state index in [9.17, 15) is 5.11 Å². The molecule has 0 fully saturated rings. The Labute approximate surface area is 91.4 Å². The van der Waals surface area contributed by atoms with Gasteiger partial charge in [0, 0.05) is 13.6 Å². The van der Waals surface area contributed by atoms with Crippen LogP contribution in [0.1, 0.15) is 19.5 Å². The van der Waals surface area contributed by atoms with Crippen molar-refractivity contribution >= 4 is 15.9 Å². The molecule has 0 saturated heterocycles. The van der Waals surface area contributed by atoms with Crippen LogP contribution in [0.5, 0.6) is 0 Å². The van der Waals surface area contributed by atoms with Gasteiger partial charge < -0.3 is 10.8 Å². The lowest BCUT2D eigenvalue weighted by Gasteiger charge is -2.30. The SMILES string of the molecule is CC(C)C(O)(CN)c1c(Br)nnn1C. The van der Waals surface area contributed by atoms with Crippen molar-refractivity contribution in [2.24, 2.45) is 18.7 Å². The molecule has 0 aliphatic heterocycles. The molecule has 1 rings (SSSR count). The molecule has 0 aliphatic rings. The van der Waals surface area contributed by atoms with Crippen molar-refractivity contribution in [2.45, 2.75) is 19.4 Å². The van der Waals surface area contributed by atoms with Crippen molar-refractivity contribution in [1.29, 1.82) is 0 Å². The van der Waals surface area contributed by atoms with E-state index >= 15 is 0 Å². The number of nitrogens with zero attached hydrogens (tertiary/aromatic N) is 3. The highest BCUT2D eigenvalue weighted by Crippen LogP contribution is 2.31. The van der Waals surface area contributed by atoms with E-state index in [1.54, 1.807) is 7.05 Å². The van der Waals surface area contributed by atoms with E-state index < -0.39 is 5.60 Å². The zero-order valence-electron chi connectivity index (χ0n) is 8.53. The van der Waals surface area contributed by atoms with E-state index in [4.69, 9.17) is 5.73 Å². The summed E-state index contributed by atoms with van der Waals surface area (Å²) in [7, 11) is 1.73. The number of aryl methyl sites for hydroxylation is 1. The normalized spacial score (nSPS) is 15.9. The number of rotatable bonds is 3. The van der Waals surface area contributed by atoms with Crippen molar-refractivity contribution in [3.05, 3.63) is 10.3 Å². The third-order valence-electron chi connectivity index (χ3n) is 2.46. The van der Waals surface area contributed by atoms with Crippen LogP contribution in [0.3, 0.4) is 0 Å². The standard InChI is InChI=1S/C8H15BrN4O/c1-5(2)8(14,4-10)6-7(9)11-12-13(6)3/h5,14H,4,10H2,1-3H3. The van der Waals surface area contributed by atoms with Crippen LogP contribution >= 0.6 is 15.9 Å². The molecule has 1 atom stereocenters. The van der Waals surface area contributed by atoms with Crippen LogP contribution in [0, 0.1) is 5.92 Å². The fourth-order valence-corrected chi connectivity index (χ4v) is 2.07. The Balaban J connectivity index is 3.25. The Morgan fingerprint density at radius 3 is 2.50 bits per heavy atom. The van der Waals surface area contributed by atoms with Gasteiger partial charge in [0.1, 0.15) is 11.3 Å². The number of nitrogens with two attached hydrogens (primary N) is 1. The van der Waals surface area contributed by atoms with Gasteiger partial charge in [0.25, 0.3) is 0 Å². The van der Waals surface area contributed by atoms with Crippen LogP contribution in [-0.2, 0) is 12.6 Å². The Kier molecular flexibility index (Phi) is 3.28. The third-order valence-corrected chi connectivity index (χ3v) is 3.00. The summed E-state index contributed by atoms with van der Waals surface area (Å²) in [6.07, 6.45) is 0. The molecule has 0 amide bonds. The lowest BCUT2D eigenvalue weighted by Crippen LogP contribution is -2.41. The quantitative estimate of drug-likeness (QED) is 0.826. The molecule has 1 heterocycles. The molecule has 0 saturated carbocycles. The largest absolute Gasteiger partial charge is 0.382 e. The van der Waals surface area contributed by atoms with Gasteiger partial charge in [0.05, 0.1) is 0 Å². The van der Waals surface area contributed by atoms with Crippen molar-refractivity contribution in [3.8, 4) is 0 Å². The zero-order valence-corrected chi connectivity index (χ0v) is 10.1. The van der Waals surface area contributed by atoms with E-state index in [1.807, 2.05) is 13.8 Å². The molecule has 0 aliphatic carbocycles. The molecule has 6 heteroatoms. The number of halogens is 1. The molecule has 1 unspecified atom stereocenters. The van der Waals surface area contributed by atoms with Gasteiger partial charge in [0.2, 0.25) is 0 Å². The molecule has 5 nitrogen and oxygen atoms in total. The smallest absolute Gasteiger partial charge is 0.154 e. The fourth-order valence-electron chi connectivity index (χ4n) is 1.40. The minimum absolute atomic E-state index is 0.000926. The van der Waals surface area contributed by atoms with Crippen LogP contribution in [0.25, 0.3) is 0 Å². The first kappa shape index (κ1) is 11.6. The van der Waals surface area contributed by atoms with E-state index in [2.05, 4.69) is 26.2 Å². The molecule has 14 heavy (non-hydrogen) atoms. The number of hydrogen-bond acceptors (Lipinski definition) is 4. The second kappa shape index (κ2) is 3.96. The molecule has 80 valence electrons. The van der Waals surface area contributed by atoms with Crippen molar-refractivity contribution in [2.75, 3.05) is 6.54 Å². The van der Waals surface area contributed by atoms with Crippen LogP contribution in [0.4, 0.5) is 0 Å². The summed E-state index contributed by atoms with van der Waals surface area (Å²) in [4.78, 5) is 0. The van der Waals surface area contributed by atoms with Crippen LogP contribution in [0.2, 0.25) is 0 Å². The molecule has 0 bridgehead atoms. The lowest BCUT2D eigenvalue weighted by molar-refractivity contribution is -0.00929. The van der Waals surface area contributed by atoms with Gasteiger partial charge in [-0.25, -0.2) is 4.68 Å². The number of hydrogen-bond donors (Lipinski definition) is 2. The molecule has 0 radical (unpaired) electrons. The van der Waals surface area contributed by atoms with E-state index in [-0.39, 0.29) is 12.5 Å². The fraction of sp³-hybridized carbons (Fsp3) is 0.750. The summed E-state index contributed by atoms with van der Waals surface area (Å²) in [6.45, 7) is 3.96. The predicted octanol–water partition coefficient (Wildman–Crippen LogP) is 0.380. The summed E-state index contributed by atoms with van der Waals surface area (Å²) in [6, 6.07) is 0. The van der Waals surface area contributed by atoms with Gasteiger partial charge in [-0.15, -0.1) is 5.10 Å². The second-order valence-electron chi connectivity index (χ2n) is 3.64. The zero-order chi connectivity index (χ0) is 10.9. The lowest BCUT2D eigenvalue weighted by atomic mass is 9.87. The van der Waals surface area contributed by atoms with Gasteiger partial charge >= 0.3 is 0 Å². The summed E-state index contributed by atoms with van der Waals surface area (Å²) >= 11 is 3.25. The second-order valence-corrected chi connectivity index (χ2v) is 4.39. The van der Waals surface area contributed by atoms with Crippen LogP contribution < -0.4 is 5.73 Å². The molecule has 1 aromatic rings. The van der Waals surface area contributed by atoms with Gasteiger partial charge in [0.15, 0.2) is 4.60 Å². The summed E-state index contributed by atoms with van der Waals surface area (Å²) in [5, 5.41) is 18.0. The van der Waals surface area contributed by atoms with Crippen LogP contribution in [-0.4, -0.2) is 26.6 Å². The van der Waals surface area contributed by atoms with E-state index in [0.29, 0.717) is 10.3 Å². The maximum Gasteiger partial charge on any atom is 0.154 e. The van der Waals surface area contributed by atoms with Crippen LogP contribution in [0.15, 0.2) is 4.60 Å². The highest BCUT2D eigenvalue weighted by molar-refractivity contribution is 9.10. The minimum Gasteiger partial charge on any atom is -0.382 e. The minimum atomic E-state index is -1.09. The molecule has 0 aromatic carbocycles. The first-order chi connectivity index (χ1) is 6.43. The van der Waals surface area contributed by atoms with E-state index in [0.717, 1.165) is 0 Å². The van der Waals surface area contributed by atoms with Crippen molar-refractivity contribution < 1.29 is 5.11 Å². The Morgan fingerprint density at radius 2 is 2.21 bits per heavy atom. The van der Waals surface area contributed by atoms with Crippen molar-refractivity contribution in [3.63, 3.8) is 0 Å². The van der Waals surface area contributed by atoms with Gasteiger partial charge in [-0.2, -0.15) is 0 Å². The van der Waals surface area contributed by atoms with Gasteiger partial charge in [-0.1, -0.05) is 19.1 Å². The molecule has 3 N–H and O–H groups in total. The molecule has 1 aromatic heterocycles. The highest BCUT2D eigenvalue weighted by atomic mass is 79.9. The number of aromatic nitrogens is 3. The topological polar surface area (TPSA) is 77.0 Å². The third kappa shape index (κ3) is 1.69. The molecular formula is C8H15BrN4O. The van der Waals surface area contributed by atoms with E-state index in [1.165, 1.54) is 4.68 Å². The van der Waals surface area contributed by atoms with Crippen molar-refractivity contribution in [1.82, 2.24) is 15.0 Å². The maximum absolute atomic E-state index is 10.4. The monoisotopic (exact) mass is 262 g/mol.